The first-order valence-corrected chi connectivity index (χ1v) is 3.43. The highest BCUT2D eigenvalue weighted by Gasteiger charge is 2.38. The highest BCUT2D eigenvalue weighted by molar-refractivity contribution is 5.81. The number of amides is 1. The lowest BCUT2D eigenvalue weighted by molar-refractivity contribution is -0.173. The second kappa shape index (κ2) is 4.30. The van der Waals surface area contributed by atoms with Gasteiger partial charge in [-0.2, -0.15) is 13.2 Å². The molecule has 0 aliphatic carbocycles. The van der Waals surface area contributed by atoms with Crippen molar-refractivity contribution in [1.82, 2.24) is 5.32 Å². The van der Waals surface area contributed by atoms with Crippen molar-refractivity contribution in [2.45, 2.75) is 13.1 Å². The van der Waals surface area contributed by atoms with E-state index in [0.29, 0.717) is 0 Å². The van der Waals surface area contributed by atoms with E-state index in [9.17, 15) is 18.0 Å². The summed E-state index contributed by atoms with van der Waals surface area (Å²) < 4.78 is 34.7. The first-order chi connectivity index (χ1) is 5.38. The Balaban J connectivity index is 3.73. The minimum absolute atomic E-state index is 0.0468. The van der Waals surface area contributed by atoms with Gasteiger partial charge in [-0.25, -0.2) is 0 Å². The number of nitrogens with one attached hydrogen (secondary N) is 1. The molecular formula is C6H11F3N2O. The second-order valence-electron chi connectivity index (χ2n) is 2.55. The van der Waals surface area contributed by atoms with Gasteiger partial charge in [0.2, 0.25) is 0 Å². The van der Waals surface area contributed by atoms with E-state index in [1.807, 2.05) is 0 Å². The molecular weight excluding hydrogens is 173 g/mol. The maximum Gasteiger partial charge on any atom is 0.471 e. The quantitative estimate of drug-likeness (QED) is 0.661. The molecule has 1 amide bonds. The van der Waals surface area contributed by atoms with Crippen molar-refractivity contribution in [3.8, 4) is 0 Å². The van der Waals surface area contributed by atoms with Gasteiger partial charge in [-0.3, -0.25) is 4.79 Å². The number of carbonyl (C=O) groups is 1. The smallest absolute Gasteiger partial charge is 0.348 e. The molecule has 0 bridgehead atoms. The zero-order chi connectivity index (χ0) is 9.78. The zero-order valence-corrected chi connectivity index (χ0v) is 6.61. The van der Waals surface area contributed by atoms with Crippen LogP contribution in [0.2, 0.25) is 0 Å². The van der Waals surface area contributed by atoms with Gasteiger partial charge in [0.05, 0.1) is 0 Å². The van der Waals surface area contributed by atoms with E-state index in [4.69, 9.17) is 5.73 Å². The van der Waals surface area contributed by atoms with Crippen LogP contribution in [0.3, 0.4) is 0 Å². The number of halogens is 3. The molecule has 0 fully saturated rings. The van der Waals surface area contributed by atoms with Gasteiger partial charge in [0.25, 0.3) is 0 Å². The topological polar surface area (TPSA) is 55.1 Å². The van der Waals surface area contributed by atoms with E-state index in [1.54, 1.807) is 12.2 Å². The fourth-order valence-corrected chi connectivity index (χ4v) is 0.450. The lowest BCUT2D eigenvalue weighted by Gasteiger charge is -2.11. The standard InChI is InChI=1S/C6H11F3N2O/c1-4(2-10)3-11-5(12)6(7,8)9/h4H,2-3,10H2,1H3,(H,11,12). The predicted octanol–water partition coefficient (Wildman–Crippen LogP) is 0.260. The Labute approximate surface area is 68.1 Å². The van der Waals surface area contributed by atoms with E-state index < -0.39 is 12.1 Å². The number of rotatable bonds is 3. The Hall–Kier alpha value is -0.780. The van der Waals surface area contributed by atoms with Gasteiger partial charge in [0.15, 0.2) is 0 Å². The van der Waals surface area contributed by atoms with Crippen molar-refractivity contribution in [3.63, 3.8) is 0 Å². The third-order valence-corrected chi connectivity index (χ3v) is 1.27. The molecule has 1 atom stereocenters. The summed E-state index contributed by atoms with van der Waals surface area (Å²) in [4.78, 5) is 10.2. The van der Waals surface area contributed by atoms with Gasteiger partial charge in [0.1, 0.15) is 0 Å². The molecule has 0 aromatic heterocycles. The predicted molar refractivity (Wildman–Crippen MR) is 37.3 cm³/mol. The van der Waals surface area contributed by atoms with Crippen LogP contribution in [0.5, 0.6) is 0 Å². The van der Waals surface area contributed by atoms with Gasteiger partial charge in [-0.15, -0.1) is 0 Å². The molecule has 0 heterocycles. The summed E-state index contributed by atoms with van der Waals surface area (Å²) in [5.41, 5.74) is 5.13. The highest BCUT2D eigenvalue weighted by Crippen LogP contribution is 2.13. The summed E-state index contributed by atoms with van der Waals surface area (Å²) in [7, 11) is 0. The van der Waals surface area contributed by atoms with E-state index in [-0.39, 0.29) is 19.0 Å². The van der Waals surface area contributed by atoms with Crippen LogP contribution in [0.4, 0.5) is 13.2 Å². The Kier molecular flexibility index (Phi) is 4.02. The maximum atomic E-state index is 11.6. The lowest BCUT2D eigenvalue weighted by atomic mass is 10.2. The molecule has 0 aromatic rings. The normalized spacial score (nSPS) is 14.1. The number of alkyl halides is 3. The summed E-state index contributed by atoms with van der Waals surface area (Å²) in [6.45, 7) is 1.85. The fourth-order valence-electron chi connectivity index (χ4n) is 0.450. The van der Waals surface area contributed by atoms with Gasteiger partial charge < -0.3 is 11.1 Å². The summed E-state index contributed by atoms with van der Waals surface area (Å²) >= 11 is 0. The van der Waals surface area contributed by atoms with Crippen LogP contribution in [0, 0.1) is 5.92 Å². The van der Waals surface area contributed by atoms with Crippen LogP contribution in [0.15, 0.2) is 0 Å². The average molecular weight is 184 g/mol. The average Bonchev–Trinajstić information content (AvgIpc) is 1.97. The molecule has 0 saturated heterocycles. The first kappa shape index (κ1) is 11.2. The number of hydrogen-bond donors (Lipinski definition) is 2. The lowest BCUT2D eigenvalue weighted by Crippen LogP contribution is -2.40. The monoisotopic (exact) mass is 184 g/mol. The SMILES string of the molecule is CC(CN)CNC(=O)C(F)(F)F. The van der Waals surface area contributed by atoms with Crippen LogP contribution in [0.25, 0.3) is 0 Å². The highest BCUT2D eigenvalue weighted by atomic mass is 19.4. The molecule has 0 aromatic carbocycles. The van der Waals surface area contributed by atoms with Crippen molar-refractivity contribution in [2.24, 2.45) is 11.7 Å². The van der Waals surface area contributed by atoms with Crippen LogP contribution < -0.4 is 11.1 Å². The minimum atomic E-state index is -4.80. The minimum Gasteiger partial charge on any atom is -0.348 e. The Bertz CT molecular complexity index is 157. The zero-order valence-electron chi connectivity index (χ0n) is 6.61. The van der Waals surface area contributed by atoms with Crippen molar-refractivity contribution in [3.05, 3.63) is 0 Å². The summed E-state index contributed by atoms with van der Waals surface area (Å²) in [6.07, 6.45) is -4.80. The molecule has 6 heteroatoms. The van der Waals surface area contributed by atoms with Crippen molar-refractivity contribution in [1.29, 1.82) is 0 Å². The van der Waals surface area contributed by atoms with Crippen LogP contribution in [0.1, 0.15) is 6.92 Å². The van der Waals surface area contributed by atoms with E-state index in [0.717, 1.165) is 0 Å². The molecule has 0 spiro atoms. The Morgan fingerprint density at radius 3 is 2.42 bits per heavy atom. The van der Waals surface area contributed by atoms with Crippen LogP contribution in [-0.4, -0.2) is 25.2 Å². The van der Waals surface area contributed by atoms with Crippen LogP contribution >= 0.6 is 0 Å². The van der Waals surface area contributed by atoms with Gasteiger partial charge in [0, 0.05) is 6.54 Å². The molecule has 0 aliphatic rings. The maximum absolute atomic E-state index is 11.6. The van der Waals surface area contributed by atoms with Gasteiger partial charge >= 0.3 is 12.1 Å². The Morgan fingerprint density at radius 1 is 1.58 bits per heavy atom. The molecule has 0 saturated carbocycles. The third-order valence-electron chi connectivity index (χ3n) is 1.27. The molecule has 3 nitrogen and oxygen atoms in total. The molecule has 3 N–H and O–H groups in total. The largest absolute Gasteiger partial charge is 0.471 e. The molecule has 0 radical (unpaired) electrons. The molecule has 1 unspecified atom stereocenters. The first-order valence-electron chi connectivity index (χ1n) is 3.43. The second-order valence-corrected chi connectivity index (χ2v) is 2.55. The molecule has 0 aliphatic heterocycles. The van der Waals surface area contributed by atoms with E-state index >= 15 is 0 Å². The number of nitrogens with two attached hydrogens (primary N) is 1. The van der Waals surface area contributed by atoms with Crippen molar-refractivity contribution >= 4 is 5.91 Å². The molecule has 72 valence electrons. The fraction of sp³-hybridized carbons (Fsp3) is 0.833. The molecule has 0 rings (SSSR count). The summed E-state index contributed by atoms with van der Waals surface area (Å²) in [5, 5.41) is 1.73. The van der Waals surface area contributed by atoms with E-state index in [2.05, 4.69) is 0 Å². The van der Waals surface area contributed by atoms with Crippen molar-refractivity contribution in [2.75, 3.05) is 13.1 Å². The van der Waals surface area contributed by atoms with Gasteiger partial charge in [-0.1, -0.05) is 6.92 Å². The van der Waals surface area contributed by atoms with Gasteiger partial charge in [-0.05, 0) is 12.5 Å². The number of carbonyl (C=O) groups excluding carboxylic acids is 1. The number of hydrogen-bond acceptors (Lipinski definition) is 2. The van der Waals surface area contributed by atoms with E-state index in [1.165, 1.54) is 0 Å². The summed E-state index contributed by atoms with van der Waals surface area (Å²) in [5.74, 6) is -2.06. The van der Waals surface area contributed by atoms with Crippen molar-refractivity contribution < 1.29 is 18.0 Å². The summed E-state index contributed by atoms with van der Waals surface area (Å²) in [6, 6.07) is 0. The Morgan fingerprint density at radius 2 is 2.08 bits per heavy atom. The molecule has 12 heavy (non-hydrogen) atoms. The third kappa shape index (κ3) is 4.17. The van der Waals surface area contributed by atoms with Crippen LogP contribution in [-0.2, 0) is 4.79 Å².